The molecule has 0 aliphatic heterocycles. The minimum atomic E-state index is -4.36. The summed E-state index contributed by atoms with van der Waals surface area (Å²) in [5.41, 5.74) is 0.335. The predicted octanol–water partition coefficient (Wildman–Crippen LogP) is 5.18. The van der Waals surface area contributed by atoms with Crippen molar-refractivity contribution in [2.24, 2.45) is 0 Å². The zero-order chi connectivity index (χ0) is 23.3. The van der Waals surface area contributed by atoms with Crippen LogP contribution in [0.15, 0.2) is 60.0 Å². The molecule has 31 heavy (non-hydrogen) atoms. The summed E-state index contributed by atoms with van der Waals surface area (Å²) in [4.78, 5) is 17.3. The van der Waals surface area contributed by atoms with E-state index in [0.29, 0.717) is 18.1 Å². The lowest BCUT2D eigenvalue weighted by molar-refractivity contribution is -0.191. The number of benzene rings is 2. The van der Waals surface area contributed by atoms with Gasteiger partial charge in [0.05, 0.1) is 19.3 Å². The van der Waals surface area contributed by atoms with E-state index < -0.39 is 11.7 Å². The van der Waals surface area contributed by atoms with Crippen LogP contribution in [0.2, 0.25) is 0 Å². The predicted molar refractivity (Wildman–Crippen MR) is 110 cm³/mol. The molecule has 0 N–H and O–H groups in total. The first-order valence-electron chi connectivity index (χ1n) is 9.04. The van der Waals surface area contributed by atoms with E-state index in [2.05, 4.69) is 6.58 Å². The van der Waals surface area contributed by atoms with Gasteiger partial charge in [0.1, 0.15) is 24.2 Å². The molecule has 0 bridgehead atoms. The summed E-state index contributed by atoms with van der Waals surface area (Å²) in [6, 6.07) is 10.5. The van der Waals surface area contributed by atoms with Crippen molar-refractivity contribution in [3.05, 3.63) is 66.2 Å². The Balaban J connectivity index is 0.00000151. The smallest absolute Gasteiger partial charge is 0.416 e. The number of alkyl halides is 3. The fraction of sp³-hybridized carbons (Fsp3) is 0.318. The van der Waals surface area contributed by atoms with Crippen LogP contribution < -0.4 is 9.47 Å². The molecule has 2 aromatic rings. The van der Waals surface area contributed by atoms with Crippen LogP contribution in [-0.2, 0) is 20.5 Å². The van der Waals surface area contributed by atoms with Crippen molar-refractivity contribution >= 4 is 17.9 Å². The Morgan fingerprint density at radius 3 is 2.32 bits per heavy atom. The summed E-state index contributed by atoms with van der Waals surface area (Å²) in [5.74, 6) is 1.82. The Labute approximate surface area is 183 Å². The van der Waals surface area contributed by atoms with Gasteiger partial charge in [-0.1, -0.05) is 6.08 Å². The fourth-order valence-corrected chi connectivity index (χ4v) is 3.40. The first-order chi connectivity index (χ1) is 14.7. The van der Waals surface area contributed by atoms with Gasteiger partial charge in [-0.25, -0.2) is 0 Å². The highest BCUT2D eigenvalue weighted by Gasteiger charge is 2.30. The fourth-order valence-electron chi connectivity index (χ4n) is 2.41. The molecule has 0 aromatic heterocycles. The monoisotopic (exact) mass is 456 g/mol. The topological polar surface area (TPSA) is 61.8 Å². The van der Waals surface area contributed by atoms with E-state index in [-0.39, 0.29) is 18.9 Å². The minimum absolute atomic E-state index is 0.224. The van der Waals surface area contributed by atoms with Gasteiger partial charge in [-0.2, -0.15) is 22.8 Å². The maximum absolute atomic E-state index is 12.6. The van der Waals surface area contributed by atoms with Crippen molar-refractivity contribution < 1.29 is 37.0 Å². The van der Waals surface area contributed by atoms with E-state index in [0.717, 1.165) is 28.3 Å². The molecule has 0 aliphatic carbocycles. The second-order valence-corrected chi connectivity index (χ2v) is 7.20. The number of methoxy groups -OCH3 is 1. The summed E-state index contributed by atoms with van der Waals surface area (Å²) >= 11 is 1.61. The Bertz CT molecular complexity index is 847. The first-order valence-corrected chi connectivity index (χ1v) is 10.0. The molecule has 9 heteroatoms. The number of halogens is 3. The summed E-state index contributed by atoms with van der Waals surface area (Å²) in [7, 11) is 1.63. The van der Waals surface area contributed by atoms with E-state index in [1.54, 1.807) is 24.9 Å². The first kappa shape index (κ1) is 26.3. The van der Waals surface area contributed by atoms with Crippen LogP contribution in [0, 0.1) is 6.92 Å². The van der Waals surface area contributed by atoms with Gasteiger partial charge < -0.3 is 14.2 Å². The second-order valence-electron chi connectivity index (χ2n) is 6.10. The Hall–Kier alpha value is -2.74. The maximum atomic E-state index is 12.6. The van der Waals surface area contributed by atoms with E-state index in [1.165, 1.54) is 12.1 Å². The van der Waals surface area contributed by atoms with Crippen LogP contribution >= 0.6 is 11.8 Å². The van der Waals surface area contributed by atoms with Gasteiger partial charge in [-0.15, -0.1) is 18.3 Å². The van der Waals surface area contributed by atoms with Gasteiger partial charge in [0, 0.05) is 10.6 Å². The zero-order valence-corrected chi connectivity index (χ0v) is 17.9. The van der Waals surface area contributed by atoms with Gasteiger partial charge in [0.25, 0.3) is 0 Å². The van der Waals surface area contributed by atoms with Gasteiger partial charge in [-0.05, 0) is 55.0 Å². The lowest BCUT2D eigenvalue weighted by atomic mass is 10.2. The molecule has 0 saturated heterocycles. The van der Waals surface area contributed by atoms with E-state index in [4.69, 9.17) is 23.8 Å². The van der Waals surface area contributed by atoms with E-state index >= 15 is 0 Å². The molecule has 0 amide bonds. The van der Waals surface area contributed by atoms with Crippen LogP contribution in [0.5, 0.6) is 11.5 Å². The molecule has 0 heterocycles. The van der Waals surface area contributed by atoms with Gasteiger partial charge in [0.2, 0.25) is 0 Å². The third kappa shape index (κ3) is 9.74. The van der Waals surface area contributed by atoms with Crippen LogP contribution in [0.25, 0.3) is 0 Å². The average molecular weight is 456 g/mol. The molecule has 0 aliphatic rings. The van der Waals surface area contributed by atoms with Crippen LogP contribution in [0.1, 0.15) is 11.1 Å². The zero-order valence-electron chi connectivity index (χ0n) is 17.1. The lowest BCUT2D eigenvalue weighted by Gasteiger charge is -2.18. The number of rotatable bonds is 10. The van der Waals surface area contributed by atoms with Crippen molar-refractivity contribution in [2.45, 2.75) is 24.1 Å². The van der Waals surface area contributed by atoms with Crippen molar-refractivity contribution in [2.75, 3.05) is 26.1 Å². The normalized spacial score (nSPS) is 11.5. The molecular weight excluding hydrogens is 433 g/mol. The molecule has 0 spiro atoms. The Morgan fingerprint density at radius 2 is 1.81 bits per heavy atom. The maximum Gasteiger partial charge on any atom is 0.416 e. The van der Waals surface area contributed by atoms with Gasteiger partial charge in [0.15, 0.2) is 0 Å². The summed E-state index contributed by atoms with van der Waals surface area (Å²) in [6.45, 7) is 6.20. The van der Waals surface area contributed by atoms with Crippen LogP contribution in [0.4, 0.5) is 13.2 Å². The van der Waals surface area contributed by atoms with Crippen LogP contribution in [0.3, 0.4) is 0 Å². The third-order valence-electron chi connectivity index (χ3n) is 3.87. The quantitative estimate of drug-likeness (QED) is 0.363. The van der Waals surface area contributed by atoms with Gasteiger partial charge in [-0.3, -0.25) is 0 Å². The van der Waals surface area contributed by atoms with Crippen LogP contribution in [-0.4, -0.2) is 38.3 Å². The Kier molecular flexibility index (Phi) is 11.5. The highest BCUT2D eigenvalue weighted by Crippen LogP contribution is 2.30. The third-order valence-corrected chi connectivity index (χ3v) is 5.00. The molecule has 0 fully saturated rings. The second kappa shape index (κ2) is 13.5. The molecule has 5 nitrogen and oxygen atoms in total. The summed E-state index contributed by atoms with van der Waals surface area (Å²) in [5, 5.41) is 0. The summed E-state index contributed by atoms with van der Waals surface area (Å²) < 4.78 is 54.5. The number of thioether (sulfide) groups is 1. The van der Waals surface area contributed by atoms with Gasteiger partial charge >= 0.3 is 12.3 Å². The van der Waals surface area contributed by atoms with Crippen molar-refractivity contribution in [1.82, 2.24) is 0 Å². The number of carbonyl (C=O) groups excluding carboxylic acids is 2. The summed E-state index contributed by atoms with van der Waals surface area (Å²) in [6.07, 6.45) is -2.71. The molecule has 0 saturated carbocycles. The molecule has 2 rings (SSSR count). The van der Waals surface area contributed by atoms with Crippen molar-refractivity contribution in [3.63, 3.8) is 0 Å². The number of aryl methyl sites for hydroxylation is 1. The molecule has 1 unspecified atom stereocenters. The average Bonchev–Trinajstić information content (AvgIpc) is 2.73. The Morgan fingerprint density at radius 1 is 1.16 bits per heavy atom. The number of hydrogen-bond acceptors (Lipinski definition) is 6. The SMILES string of the molecule is C=CCOC(COc1ccc(C(F)(F)F)cc1)CSc1ccc(OC)c(C)c1.O=C=O. The number of ether oxygens (including phenoxy) is 3. The van der Waals surface area contributed by atoms with E-state index in [1.807, 2.05) is 25.1 Å². The highest BCUT2D eigenvalue weighted by atomic mass is 32.2. The van der Waals surface area contributed by atoms with Crippen molar-refractivity contribution in [1.29, 1.82) is 0 Å². The van der Waals surface area contributed by atoms with Crippen molar-refractivity contribution in [3.8, 4) is 11.5 Å². The molecule has 0 radical (unpaired) electrons. The number of hydrogen-bond donors (Lipinski definition) is 0. The minimum Gasteiger partial charge on any atom is -0.496 e. The lowest BCUT2D eigenvalue weighted by Crippen LogP contribution is -2.24. The molecular formula is C22H23F3O5S. The molecule has 1 atom stereocenters. The largest absolute Gasteiger partial charge is 0.496 e. The molecule has 168 valence electrons. The standard InChI is InChI=1S/C21H23F3O3S.CO2/c1-4-11-26-18(14-28-19-9-10-20(25-3)15(2)12-19)13-27-17-7-5-16(6-8-17)21(22,23)24;2-1-3/h4-10,12,18H,1,11,13-14H2,2-3H3;. The molecule has 2 aromatic carbocycles. The highest BCUT2D eigenvalue weighted by molar-refractivity contribution is 7.99. The van der Waals surface area contributed by atoms with E-state index in [9.17, 15) is 13.2 Å².